The second-order valence-corrected chi connectivity index (χ2v) is 5.55. The Morgan fingerprint density at radius 3 is 2.94 bits per heavy atom. The summed E-state index contributed by atoms with van der Waals surface area (Å²) in [4.78, 5) is 2.74. The predicted molar refractivity (Wildman–Crippen MR) is 71.3 cm³/mol. The van der Waals surface area contributed by atoms with Crippen molar-refractivity contribution in [1.82, 2.24) is 10.2 Å². The Labute approximate surface area is 106 Å². The Hall–Kier alpha value is -0.120. The summed E-state index contributed by atoms with van der Waals surface area (Å²) >= 11 is 0. The Balaban J connectivity index is 1.67. The molecule has 2 aliphatic heterocycles. The van der Waals surface area contributed by atoms with E-state index in [4.69, 9.17) is 4.74 Å². The van der Waals surface area contributed by atoms with E-state index >= 15 is 0 Å². The van der Waals surface area contributed by atoms with Crippen molar-refractivity contribution in [3.05, 3.63) is 0 Å². The van der Waals surface area contributed by atoms with Crippen molar-refractivity contribution in [2.75, 3.05) is 39.9 Å². The van der Waals surface area contributed by atoms with E-state index in [9.17, 15) is 0 Å². The van der Waals surface area contributed by atoms with Crippen molar-refractivity contribution < 1.29 is 4.74 Å². The first-order valence-corrected chi connectivity index (χ1v) is 7.35. The summed E-state index contributed by atoms with van der Waals surface area (Å²) in [5, 5.41) is 3.62. The Morgan fingerprint density at radius 2 is 2.06 bits per heavy atom. The zero-order chi connectivity index (χ0) is 11.9. The molecule has 2 saturated heterocycles. The minimum atomic E-state index is 0.882. The van der Waals surface area contributed by atoms with Crippen LogP contribution in [0.25, 0.3) is 0 Å². The van der Waals surface area contributed by atoms with Gasteiger partial charge in [0.25, 0.3) is 0 Å². The molecule has 3 heteroatoms. The molecule has 0 aliphatic carbocycles. The van der Waals surface area contributed by atoms with Gasteiger partial charge in [0, 0.05) is 19.8 Å². The highest BCUT2D eigenvalue weighted by molar-refractivity contribution is 4.87. The molecule has 0 saturated carbocycles. The van der Waals surface area contributed by atoms with Crippen molar-refractivity contribution in [1.29, 1.82) is 0 Å². The molecule has 2 fully saturated rings. The first-order valence-electron chi connectivity index (χ1n) is 7.35. The molecular weight excluding hydrogens is 212 g/mol. The second kappa shape index (κ2) is 7.34. The highest BCUT2D eigenvalue weighted by atomic mass is 16.5. The molecule has 2 aliphatic rings. The Morgan fingerprint density at radius 1 is 1.18 bits per heavy atom. The van der Waals surface area contributed by atoms with Crippen LogP contribution in [0.15, 0.2) is 0 Å². The Kier molecular flexibility index (Phi) is 5.75. The van der Waals surface area contributed by atoms with E-state index in [0.717, 1.165) is 31.5 Å². The fourth-order valence-corrected chi connectivity index (χ4v) is 3.44. The molecular formula is C14H28N2O. The topological polar surface area (TPSA) is 24.5 Å². The van der Waals surface area contributed by atoms with Gasteiger partial charge in [-0.15, -0.1) is 0 Å². The molecule has 1 N–H and O–H groups in total. The summed E-state index contributed by atoms with van der Waals surface area (Å²) in [6.45, 7) is 5.91. The summed E-state index contributed by atoms with van der Waals surface area (Å²) in [5.74, 6) is 0.895. The highest BCUT2D eigenvalue weighted by Gasteiger charge is 2.32. The molecule has 2 rings (SSSR count). The van der Waals surface area contributed by atoms with E-state index in [-0.39, 0.29) is 0 Å². The van der Waals surface area contributed by atoms with Crippen molar-refractivity contribution in [3.8, 4) is 0 Å². The van der Waals surface area contributed by atoms with E-state index in [1.807, 2.05) is 0 Å². The normalized spacial score (nSPS) is 30.2. The molecule has 0 radical (unpaired) electrons. The molecule has 0 aromatic carbocycles. The first-order chi connectivity index (χ1) is 8.42. The number of piperidine rings is 2. The van der Waals surface area contributed by atoms with Crippen LogP contribution in [-0.4, -0.2) is 50.8 Å². The smallest absolute Gasteiger partial charge is 0.0474 e. The first kappa shape index (κ1) is 13.3. The van der Waals surface area contributed by atoms with Crippen LogP contribution in [0, 0.1) is 5.92 Å². The maximum absolute atomic E-state index is 5.07. The molecule has 0 spiro atoms. The van der Waals surface area contributed by atoms with E-state index in [1.165, 1.54) is 51.7 Å². The summed E-state index contributed by atoms with van der Waals surface area (Å²) in [7, 11) is 1.78. The van der Waals surface area contributed by atoms with Crippen LogP contribution in [0.1, 0.15) is 38.5 Å². The molecule has 17 heavy (non-hydrogen) atoms. The lowest BCUT2D eigenvalue weighted by Gasteiger charge is -2.44. The standard InChI is InChI=1S/C14H28N2O/c1-17-11-5-8-15-12-13-6-4-10-16-9-3-2-7-14(13)16/h13-15H,2-12H2,1H3/t13-,14+/m0/s1. The van der Waals surface area contributed by atoms with Gasteiger partial charge < -0.3 is 15.0 Å². The third-order valence-electron chi connectivity index (χ3n) is 4.34. The lowest BCUT2D eigenvalue weighted by Crippen LogP contribution is -2.50. The van der Waals surface area contributed by atoms with Gasteiger partial charge >= 0.3 is 0 Å². The van der Waals surface area contributed by atoms with Crippen LogP contribution in [0.3, 0.4) is 0 Å². The van der Waals surface area contributed by atoms with Gasteiger partial charge in [-0.05, 0) is 64.2 Å². The maximum Gasteiger partial charge on any atom is 0.0474 e. The minimum Gasteiger partial charge on any atom is -0.385 e. The fraction of sp³-hybridized carbons (Fsp3) is 1.00. The van der Waals surface area contributed by atoms with Crippen LogP contribution in [0.2, 0.25) is 0 Å². The van der Waals surface area contributed by atoms with E-state index in [0.29, 0.717) is 0 Å². The lowest BCUT2D eigenvalue weighted by molar-refractivity contribution is 0.0593. The van der Waals surface area contributed by atoms with Crippen LogP contribution >= 0.6 is 0 Å². The minimum absolute atomic E-state index is 0.882. The monoisotopic (exact) mass is 240 g/mol. The van der Waals surface area contributed by atoms with Crippen LogP contribution < -0.4 is 5.32 Å². The van der Waals surface area contributed by atoms with Crippen molar-refractivity contribution in [2.45, 2.75) is 44.6 Å². The zero-order valence-electron chi connectivity index (χ0n) is 11.3. The van der Waals surface area contributed by atoms with Crippen molar-refractivity contribution in [3.63, 3.8) is 0 Å². The average Bonchev–Trinajstić information content (AvgIpc) is 2.39. The number of ether oxygens (including phenoxy) is 1. The molecule has 0 aromatic heterocycles. The van der Waals surface area contributed by atoms with Gasteiger partial charge in [0.2, 0.25) is 0 Å². The summed E-state index contributed by atoms with van der Waals surface area (Å²) in [6.07, 6.45) is 8.27. The summed E-state index contributed by atoms with van der Waals surface area (Å²) in [6, 6.07) is 0.882. The molecule has 2 atom stereocenters. The number of nitrogens with one attached hydrogen (secondary N) is 1. The second-order valence-electron chi connectivity index (χ2n) is 5.55. The average molecular weight is 240 g/mol. The molecule has 0 bridgehead atoms. The van der Waals surface area contributed by atoms with E-state index in [2.05, 4.69) is 10.2 Å². The number of methoxy groups -OCH3 is 1. The third kappa shape index (κ3) is 3.94. The number of fused-ring (bicyclic) bond motifs is 1. The molecule has 0 unspecified atom stereocenters. The molecule has 100 valence electrons. The van der Waals surface area contributed by atoms with E-state index in [1.54, 1.807) is 7.11 Å². The number of hydrogen-bond acceptors (Lipinski definition) is 3. The fourth-order valence-electron chi connectivity index (χ4n) is 3.44. The van der Waals surface area contributed by atoms with Gasteiger partial charge in [-0.3, -0.25) is 0 Å². The third-order valence-corrected chi connectivity index (χ3v) is 4.34. The van der Waals surface area contributed by atoms with Crippen LogP contribution in [0.4, 0.5) is 0 Å². The van der Waals surface area contributed by atoms with Gasteiger partial charge in [-0.1, -0.05) is 6.42 Å². The number of rotatable bonds is 6. The zero-order valence-corrected chi connectivity index (χ0v) is 11.3. The maximum atomic E-state index is 5.07. The quantitative estimate of drug-likeness (QED) is 0.717. The van der Waals surface area contributed by atoms with E-state index < -0.39 is 0 Å². The molecule has 3 nitrogen and oxygen atoms in total. The SMILES string of the molecule is COCCCNC[C@@H]1CCCN2CCCC[C@H]12. The number of nitrogens with zero attached hydrogens (tertiary/aromatic N) is 1. The van der Waals surface area contributed by atoms with Crippen LogP contribution in [-0.2, 0) is 4.74 Å². The summed E-state index contributed by atoms with van der Waals surface area (Å²) < 4.78 is 5.07. The van der Waals surface area contributed by atoms with Gasteiger partial charge in [0.05, 0.1) is 0 Å². The van der Waals surface area contributed by atoms with Crippen molar-refractivity contribution in [2.24, 2.45) is 5.92 Å². The molecule has 0 amide bonds. The van der Waals surface area contributed by atoms with Crippen LogP contribution in [0.5, 0.6) is 0 Å². The van der Waals surface area contributed by atoms with Crippen molar-refractivity contribution >= 4 is 0 Å². The lowest BCUT2D eigenvalue weighted by atomic mass is 9.83. The Bertz CT molecular complexity index is 208. The molecule has 0 aromatic rings. The predicted octanol–water partition coefficient (Wildman–Crippen LogP) is 1.88. The van der Waals surface area contributed by atoms with Gasteiger partial charge in [-0.2, -0.15) is 0 Å². The summed E-state index contributed by atoms with van der Waals surface area (Å²) in [5.41, 5.74) is 0. The van der Waals surface area contributed by atoms with Gasteiger partial charge in [0.15, 0.2) is 0 Å². The highest BCUT2D eigenvalue weighted by Crippen LogP contribution is 2.30. The molecule has 2 heterocycles. The van der Waals surface area contributed by atoms with Gasteiger partial charge in [0.1, 0.15) is 0 Å². The number of hydrogen-bond donors (Lipinski definition) is 1. The van der Waals surface area contributed by atoms with Gasteiger partial charge in [-0.25, -0.2) is 0 Å². The largest absolute Gasteiger partial charge is 0.385 e.